The van der Waals surface area contributed by atoms with Crippen LogP contribution in [0.2, 0.25) is 5.02 Å². The van der Waals surface area contributed by atoms with Crippen molar-refractivity contribution >= 4 is 23.3 Å². The van der Waals surface area contributed by atoms with E-state index in [2.05, 4.69) is 22.1 Å². The smallest absolute Gasteiger partial charge is 0.222 e. The highest BCUT2D eigenvalue weighted by atomic mass is 35.5. The molecule has 3 rings (SSSR count). The van der Waals surface area contributed by atoms with Crippen molar-refractivity contribution in [3.05, 3.63) is 23.4 Å². The Morgan fingerprint density at radius 2 is 2.00 bits per heavy atom. The van der Waals surface area contributed by atoms with E-state index < -0.39 is 0 Å². The molecule has 2 aliphatic rings. The number of hydrogen-bond acceptors (Lipinski definition) is 4. The fourth-order valence-electron chi connectivity index (χ4n) is 3.72. The Hall–Kier alpha value is -1.33. The van der Waals surface area contributed by atoms with E-state index in [9.17, 15) is 4.79 Å². The standard InChI is InChI=1S/C18H27ClN4O/c1-14(15-4-6-20-7-5-15)12-18(24)23-10-8-22(9-11-23)17-3-2-16(19)13-21-17/h2-3,13-15,20H,4-12H2,1H3. The number of hydrogen-bond donors (Lipinski definition) is 1. The van der Waals surface area contributed by atoms with Crippen LogP contribution in [0.15, 0.2) is 18.3 Å². The minimum atomic E-state index is 0.310. The summed E-state index contributed by atoms with van der Waals surface area (Å²) >= 11 is 5.89. The first-order valence-corrected chi connectivity index (χ1v) is 9.36. The van der Waals surface area contributed by atoms with Gasteiger partial charge in [0.2, 0.25) is 5.91 Å². The molecule has 0 aliphatic carbocycles. The van der Waals surface area contributed by atoms with Gasteiger partial charge in [0.25, 0.3) is 0 Å². The third-order valence-electron chi connectivity index (χ3n) is 5.35. The zero-order valence-corrected chi connectivity index (χ0v) is 15.1. The van der Waals surface area contributed by atoms with Crippen LogP contribution in [0.4, 0.5) is 5.82 Å². The first-order chi connectivity index (χ1) is 11.6. The van der Waals surface area contributed by atoms with Crippen molar-refractivity contribution in [2.75, 3.05) is 44.2 Å². The maximum atomic E-state index is 12.6. The van der Waals surface area contributed by atoms with Crippen LogP contribution in [-0.4, -0.2) is 55.1 Å². The Balaban J connectivity index is 1.47. The Bertz CT molecular complexity index is 536. The highest BCUT2D eigenvalue weighted by Gasteiger charge is 2.26. The lowest BCUT2D eigenvalue weighted by Crippen LogP contribution is -2.49. The van der Waals surface area contributed by atoms with Gasteiger partial charge in [0.15, 0.2) is 0 Å². The van der Waals surface area contributed by atoms with E-state index >= 15 is 0 Å². The van der Waals surface area contributed by atoms with Gasteiger partial charge in [0.1, 0.15) is 5.82 Å². The van der Waals surface area contributed by atoms with Gasteiger partial charge in [-0.15, -0.1) is 0 Å². The second kappa shape index (κ2) is 8.17. The monoisotopic (exact) mass is 350 g/mol. The number of halogens is 1. The van der Waals surface area contributed by atoms with E-state index in [1.54, 1.807) is 6.20 Å². The largest absolute Gasteiger partial charge is 0.353 e. The number of nitrogens with one attached hydrogen (secondary N) is 1. The van der Waals surface area contributed by atoms with Crippen molar-refractivity contribution in [1.29, 1.82) is 0 Å². The third kappa shape index (κ3) is 4.39. The van der Waals surface area contributed by atoms with Crippen molar-refractivity contribution < 1.29 is 4.79 Å². The zero-order chi connectivity index (χ0) is 16.9. The molecule has 2 fully saturated rings. The molecule has 3 heterocycles. The lowest BCUT2D eigenvalue weighted by atomic mass is 9.84. The molecule has 5 nitrogen and oxygen atoms in total. The zero-order valence-electron chi connectivity index (χ0n) is 14.4. The molecule has 0 saturated carbocycles. The summed E-state index contributed by atoms with van der Waals surface area (Å²) in [7, 11) is 0. The molecule has 1 aromatic rings. The molecule has 1 amide bonds. The third-order valence-corrected chi connectivity index (χ3v) is 5.58. The van der Waals surface area contributed by atoms with Crippen LogP contribution in [0.25, 0.3) is 0 Å². The molecule has 0 aromatic carbocycles. The van der Waals surface area contributed by atoms with Crippen molar-refractivity contribution in [2.24, 2.45) is 11.8 Å². The highest BCUT2D eigenvalue weighted by Crippen LogP contribution is 2.25. The summed E-state index contributed by atoms with van der Waals surface area (Å²) in [5.41, 5.74) is 0. The molecule has 24 heavy (non-hydrogen) atoms. The minimum absolute atomic E-state index is 0.310. The molecule has 1 atom stereocenters. The summed E-state index contributed by atoms with van der Waals surface area (Å²) in [4.78, 5) is 21.2. The van der Waals surface area contributed by atoms with Gasteiger partial charge >= 0.3 is 0 Å². The number of piperazine rings is 1. The number of carbonyl (C=O) groups is 1. The minimum Gasteiger partial charge on any atom is -0.353 e. The summed E-state index contributed by atoms with van der Waals surface area (Å²) in [5, 5.41) is 4.05. The Morgan fingerprint density at radius 1 is 1.29 bits per heavy atom. The fourth-order valence-corrected chi connectivity index (χ4v) is 3.84. The average molecular weight is 351 g/mol. The number of piperidine rings is 1. The topological polar surface area (TPSA) is 48.5 Å². The molecule has 132 valence electrons. The molecule has 0 spiro atoms. The van der Waals surface area contributed by atoms with E-state index in [0.717, 1.165) is 45.1 Å². The molecular formula is C18H27ClN4O. The van der Waals surface area contributed by atoms with E-state index in [-0.39, 0.29) is 0 Å². The van der Waals surface area contributed by atoms with Gasteiger partial charge in [-0.25, -0.2) is 4.98 Å². The number of aromatic nitrogens is 1. The molecule has 1 N–H and O–H groups in total. The Kier molecular flexibility index (Phi) is 5.95. The maximum Gasteiger partial charge on any atom is 0.222 e. The van der Waals surface area contributed by atoms with Gasteiger partial charge in [0, 0.05) is 38.8 Å². The lowest BCUT2D eigenvalue weighted by molar-refractivity contribution is -0.132. The normalized spacial score (nSPS) is 20.9. The van der Waals surface area contributed by atoms with Gasteiger partial charge < -0.3 is 15.1 Å². The van der Waals surface area contributed by atoms with E-state index in [1.807, 2.05) is 17.0 Å². The average Bonchev–Trinajstić information content (AvgIpc) is 2.63. The highest BCUT2D eigenvalue weighted by molar-refractivity contribution is 6.30. The number of nitrogens with zero attached hydrogens (tertiary/aromatic N) is 3. The van der Waals surface area contributed by atoms with Crippen LogP contribution < -0.4 is 10.2 Å². The summed E-state index contributed by atoms with van der Waals surface area (Å²) in [6.45, 7) is 7.65. The van der Waals surface area contributed by atoms with Crippen LogP contribution in [0.3, 0.4) is 0 Å². The predicted molar refractivity (Wildman–Crippen MR) is 97.4 cm³/mol. The predicted octanol–water partition coefficient (Wildman–Crippen LogP) is 2.41. The maximum absolute atomic E-state index is 12.6. The number of rotatable bonds is 4. The van der Waals surface area contributed by atoms with E-state index in [1.165, 1.54) is 12.8 Å². The van der Waals surface area contributed by atoms with Crippen LogP contribution >= 0.6 is 11.6 Å². The number of carbonyl (C=O) groups excluding carboxylic acids is 1. The van der Waals surface area contributed by atoms with Crippen molar-refractivity contribution in [1.82, 2.24) is 15.2 Å². The molecule has 2 saturated heterocycles. The molecule has 1 unspecified atom stereocenters. The van der Waals surface area contributed by atoms with Gasteiger partial charge in [-0.05, 0) is 49.9 Å². The number of amides is 1. The van der Waals surface area contributed by atoms with Crippen LogP contribution in [0.5, 0.6) is 0 Å². The van der Waals surface area contributed by atoms with Crippen molar-refractivity contribution in [3.8, 4) is 0 Å². The van der Waals surface area contributed by atoms with Gasteiger partial charge in [-0.3, -0.25) is 4.79 Å². The van der Waals surface area contributed by atoms with Crippen molar-refractivity contribution in [2.45, 2.75) is 26.2 Å². The van der Waals surface area contributed by atoms with Crippen molar-refractivity contribution in [3.63, 3.8) is 0 Å². The number of anilines is 1. The first kappa shape index (κ1) is 17.5. The molecule has 6 heteroatoms. The molecule has 0 bridgehead atoms. The number of pyridine rings is 1. The molecule has 2 aliphatic heterocycles. The fraction of sp³-hybridized carbons (Fsp3) is 0.667. The quantitative estimate of drug-likeness (QED) is 0.906. The summed E-state index contributed by atoms with van der Waals surface area (Å²) in [6, 6.07) is 3.81. The second-order valence-corrected chi connectivity index (χ2v) is 7.41. The lowest BCUT2D eigenvalue weighted by Gasteiger charge is -2.36. The second-order valence-electron chi connectivity index (χ2n) is 6.97. The van der Waals surface area contributed by atoms with Gasteiger partial charge in [-0.1, -0.05) is 18.5 Å². The SMILES string of the molecule is CC(CC(=O)N1CCN(c2ccc(Cl)cn2)CC1)C1CCNCC1. The van der Waals surface area contributed by atoms with Crippen LogP contribution in [0, 0.1) is 11.8 Å². The van der Waals surface area contributed by atoms with E-state index in [4.69, 9.17) is 11.6 Å². The van der Waals surface area contributed by atoms with E-state index in [0.29, 0.717) is 29.2 Å². The van der Waals surface area contributed by atoms with Crippen LogP contribution in [-0.2, 0) is 4.79 Å². The summed E-state index contributed by atoms with van der Waals surface area (Å²) in [5.74, 6) is 2.42. The molecule has 0 radical (unpaired) electrons. The molecule has 1 aromatic heterocycles. The van der Waals surface area contributed by atoms with Crippen LogP contribution in [0.1, 0.15) is 26.2 Å². The Morgan fingerprint density at radius 3 is 2.62 bits per heavy atom. The Labute approximate surface area is 149 Å². The summed E-state index contributed by atoms with van der Waals surface area (Å²) < 4.78 is 0. The summed E-state index contributed by atoms with van der Waals surface area (Å²) in [6.07, 6.45) is 4.76. The van der Waals surface area contributed by atoms with Gasteiger partial charge in [-0.2, -0.15) is 0 Å². The van der Waals surface area contributed by atoms with Gasteiger partial charge in [0.05, 0.1) is 5.02 Å². The molecular weight excluding hydrogens is 324 g/mol. The first-order valence-electron chi connectivity index (χ1n) is 8.98.